The molecule has 3 N–H and O–H groups in total. The van der Waals surface area contributed by atoms with E-state index in [1.165, 1.54) is 13.1 Å². The highest BCUT2D eigenvalue weighted by atomic mass is 79.9. The van der Waals surface area contributed by atoms with Crippen LogP contribution in [-0.2, 0) is 11.8 Å². The van der Waals surface area contributed by atoms with Crippen molar-refractivity contribution < 1.29 is 15.0 Å². The van der Waals surface area contributed by atoms with E-state index in [1.807, 2.05) is 42.5 Å². The molecule has 0 bridgehead atoms. The summed E-state index contributed by atoms with van der Waals surface area (Å²) in [6, 6.07) is 17.9. The van der Waals surface area contributed by atoms with E-state index < -0.39 is 18.1 Å². The number of nitrogens with one attached hydrogen (secondary N) is 1. The summed E-state index contributed by atoms with van der Waals surface area (Å²) in [5.41, 5.74) is 3.40. The van der Waals surface area contributed by atoms with Gasteiger partial charge < -0.3 is 15.5 Å². The number of aliphatic carboxylic acids is 1. The second-order valence-electron chi connectivity index (χ2n) is 7.76. The highest BCUT2D eigenvalue weighted by Gasteiger charge is 2.31. The van der Waals surface area contributed by atoms with E-state index in [0.29, 0.717) is 16.9 Å². The molecule has 2 aromatic heterocycles. The summed E-state index contributed by atoms with van der Waals surface area (Å²) in [6.07, 6.45) is 2.99. The number of aliphatic hydroxyl groups excluding tert-OH is 1. The molecule has 0 spiro atoms. The largest absolute Gasteiger partial charge is 0.479 e. The Morgan fingerprint density at radius 3 is 2.70 bits per heavy atom. The first-order chi connectivity index (χ1) is 15.8. The molecule has 0 aliphatic heterocycles. The molecule has 0 fully saturated rings. The van der Waals surface area contributed by atoms with Gasteiger partial charge in [0.2, 0.25) is 0 Å². The summed E-state index contributed by atoms with van der Waals surface area (Å²) in [5.74, 6) is -0.613. The lowest BCUT2D eigenvalue weighted by molar-refractivity contribution is -0.143. The van der Waals surface area contributed by atoms with Crippen LogP contribution in [0.2, 0.25) is 0 Å². The van der Waals surface area contributed by atoms with Crippen molar-refractivity contribution in [2.75, 3.05) is 11.9 Å². The maximum Gasteiger partial charge on any atom is 0.333 e. The smallest absolute Gasteiger partial charge is 0.333 e. The summed E-state index contributed by atoms with van der Waals surface area (Å²) in [4.78, 5) is 19.9. The van der Waals surface area contributed by atoms with Crippen LogP contribution in [0.15, 0.2) is 70.3 Å². The normalized spacial score (nSPS) is 13.3. The molecule has 2 heterocycles. The molecule has 4 rings (SSSR count). The lowest BCUT2D eigenvalue weighted by Gasteiger charge is -2.16. The highest BCUT2D eigenvalue weighted by molar-refractivity contribution is 9.10. The van der Waals surface area contributed by atoms with Crippen molar-refractivity contribution in [3.05, 3.63) is 70.8 Å². The number of aryl methyl sites for hydroxylation is 1. The van der Waals surface area contributed by atoms with Crippen LogP contribution in [0.3, 0.4) is 0 Å². The van der Waals surface area contributed by atoms with E-state index in [2.05, 4.69) is 48.5 Å². The number of carboxylic acid groups (broad SMARTS) is 1. The third kappa shape index (κ3) is 4.50. The monoisotopic (exact) mass is 507 g/mol. The zero-order valence-electron chi connectivity index (χ0n) is 18.0. The first-order valence-corrected chi connectivity index (χ1v) is 10.9. The summed E-state index contributed by atoms with van der Waals surface area (Å²) in [5, 5.41) is 26.6. The topological polar surface area (TPSA) is 113 Å². The Bertz CT molecular complexity index is 1350. The molecule has 0 amide bonds. The van der Waals surface area contributed by atoms with Crippen LogP contribution >= 0.6 is 15.9 Å². The van der Waals surface area contributed by atoms with Crippen LogP contribution < -0.4 is 5.32 Å². The molecule has 4 aromatic rings. The minimum absolute atomic E-state index is 0.590. The number of anilines is 2. The van der Waals surface area contributed by atoms with Gasteiger partial charge in [-0.1, -0.05) is 42.5 Å². The predicted octanol–water partition coefficient (Wildman–Crippen LogP) is 4.40. The van der Waals surface area contributed by atoms with Crippen molar-refractivity contribution in [2.24, 2.45) is 12.0 Å². The van der Waals surface area contributed by atoms with Gasteiger partial charge in [0.1, 0.15) is 5.52 Å². The summed E-state index contributed by atoms with van der Waals surface area (Å²) < 4.78 is 2.61. The minimum Gasteiger partial charge on any atom is -0.479 e. The zero-order chi connectivity index (χ0) is 23.6. The molecule has 1 unspecified atom stereocenters. The zero-order valence-corrected chi connectivity index (χ0v) is 19.6. The van der Waals surface area contributed by atoms with Crippen molar-refractivity contribution >= 4 is 50.7 Å². The number of aliphatic hydroxyl groups is 1. The van der Waals surface area contributed by atoms with Crippen molar-refractivity contribution in [3.8, 4) is 11.1 Å². The van der Waals surface area contributed by atoms with E-state index in [1.54, 1.807) is 17.9 Å². The maximum absolute atomic E-state index is 11.3. The Morgan fingerprint density at radius 1 is 1.24 bits per heavy atom. The SMILES string of the molecule is Cn1nc(Nc2cccc(-c3ccccc3)c2Br)c2ncc(C=NC(C)(CO)C(=O)O)cc21. The van der Waals surface area contributed by atoms with Gasteiger partial charge in [0, 0.05) is 29.5 Å². The molecule has 0 aliphatic rings. The van der Waals surface area contributed by atoms with E-state index in [9.17, 15) is 15.0 Å². The third-order valence-electron chi connectivity index (χ3n) is 5.32. The third-order valence-corrected chi connectivity index (χ3v) is 6.17. The average molecular weight is 508 g/mol. The number of halogens is 1. The molecule has 1 atom stereocenters. The van der Waals surface area contributed by atoms with Crippen LogP contribution in [0.4, 0.5) is 11.5 Å². The lowest BCUT2D eigenvalue weighted by Crippen LogP contribution is -2.37. The fourth-order valence-electron chi connectivity index (χ4n) is 3.28. The molecular weight excluding hydrogens is 486 g/mol. The average Bonchev–Trinajstić information content (AvgIpc) is 3.13. The van der Waals surface area contributed by atoms with Gasteiger partial charge >= 0.3 is 5.97 Å². The fraction of sp³-hybridized carbons (Fsp3) is 0.167. The number of carboxylic acids is 1. The van der Waals surface area contributed by atoms with Crippen LogP contribution in [-0.4, -0.2) is 49.3 Å². The van der Waals surface area contributed by atoms with Crippen molar-refractivity contribution in [1.29, 1.82) is 0 Å². The van der Waals surface area contributed by atoms with Crippen LogP contribution in [0.5, 0.6) is 0 Å². The number of pyridine rings is 1. The number of aromatic nitrogens is 3. The number of benzene rings is 2. The minimum atomic E-state index is -1.61. The first-order valence-electron chi connectivity index (χ1n) is 10.2. The predicted molar refractivity (Wildman–Crippen MR) is 132 cm³/mol. The molecule has 0 radical (unpaired) electrons. The number of aliphatic imine (C=N–C) groups is 1. The fourth-order valence-corrected chi connectivity index (χ4v) is 3.87. The van der Waals surface area contributed by atoms with Gasteiger partial charge in [0.15, 0.2) is 11.4 Å². The van der Waals surface area contributed by atoms with Gasteiger partial charge in [-0.05, 0) is 46.1 Å². The molecule has 0 aliphatic carbocycles. The second-order valence-corrected chi connectivity index (χ2v) is 8.56. The summed E-state index contributed by atoms with van der Waals surface area (Å²) in [6.45, 7) is 0.747. The van der Waals surface area contributed by atoms with E-state index in [0.717, 1.165) is 26.8 Å². The lowest BCUT2D eigenvalue weighted by atomic mass is 10.1. The molecule has 2 aromatic carbocycles. The number of rotatable bonds is 7. The Hall–Kier alpha value is -3.56. The Balaban J connectivity index is 1.67. The van der Waals surface area contributed by atoms with Crippen LogP contribution in [0.25, 0.3) is 22.2 Å². The molecule has 0 saturated heterocycles. The van der Waals surface area contributed by atoms with E-state index in [4.69, 9.17) is 0 Å². The van der Waals surface area contributed by atoms with Crippen LogP contribution in [0, 0.1) is 0 Å². The molecule has 168 valence electrons. The molecular formula is C24H22BrN5O3. The van der Waals surface area contributed by atoms with Crippen molar-refractivity contribution in [1.82, 2.24) is 14.8 Å². The Kier molecular flexibility index (Phi) is 6.26. The van der Waals surface area contributed by atoms with E-state index in [-0.39, 0.29) is 0 Å². The number of hydrogen-bond donors (Lipinski definition) is 3. The Morgan fingerprint density at radius 2 is 2.00 bits per heavy atom. The van der Waals surface area contributed by atoms with Gasteiger partial charge in [-0.2, -0.15) is 5.10 Å². The number of hydrogen-bond acceptors (Lipinski definition) is 6. The van der Waals surface area contributed by atoms with Gasteiger partial charge in [0.05, 0.1) is 17.8 Å². The maximum atomic E-state index is 11.3. The second kappa shape index (κ2) is 9.13. The summed E-state index contributed by atoms with van der Waals surface area (Å²) in [7, 11) is 1.81. The standard InChI is InChI=1S/C24H22BrN5O3/c1-24(14-31,23(32)33)27-13-15-11-19-21(26-12-15)22(29-30(19)2)28-18-10-6-9-17(20(18)25)16-7-4-3-5-8-16/h3-13,31H,14H2,1-2H3,(H,28,29)(H,32,33). The molecule has 33 heavy (non-hydrogen) atoms. The molecule has 9 heteroatoms. The van der Waals surface area contributed by atoms with Crippen LogP contribution in [0.1, 0.15) is 12.5 Å². The van der Waals surface area contributed by atoms with Gasteiger partial charge in [-0.15, -0.1) is 0 Å². The quantitative estimate of drug-likeness (QED) is 0.319. The van der Waals surface area contributed by atoms with E-state index >= 15 is 0 Å². The van der Waals surface area contributed by atoms with Gasteiger partial charge in [0.25, 0.3) is 0 Å². The number of fused-ring (bicyclic) bond motifs is 1. The van der Waals surface area contributed by atoms with Gasteiger partial charge in [-0.3, -0.25) is 9.67 Å². The molecule has 8 nitrogen and oxygen atoms in total. The Labute approximate surface area is 198 Å². The highest BCUT2D eigenvalue weighted by Crippen LogP contribution is 2.36. The number of carbonyl (C=O) groups is 1. The first kappa shape index (κ1) is 22.6. The molecule has 0 saturated carbocycles. The summed E-state index contributed by atoms with van der Waals surface area (Å²) >= 11 is 3.71. The van der Waals surface area contributed by atoms with Gasteiger partial charge in [-0.25, -0.2) is 9.78 Å². The van der Waals surface area contributed by atoms with Crippen molar-refractivity contribution in [3.63, 3.8) is 0 Å². The number of nitrogens with zero attached hydrogens (tertiary/aromatic N) is 4. The van der Waals surface area contributed by atoms with Crippen molar-refractivity contribution in [2.45, 2.75) is 12.5 Å².